The number of anilines is 1. The first kappa shape index (κ1) is 8.56. The van der Waals surface area contributed by atoms with E-state index in [1.54, 1.807) is 0 Å². The van der Waals surface area contributed by atoms with Crippen molar-refractivity contribution in [3.63, 3.8) is 0 Å². The number of H-pyrrole nitrogens is 1. The van der Waals surface area contributed by atoms with Gasteiger partial charge in [0.05, 0.1) is 29.7 Å². The SMILES string of the molecule is Cc1n[nH]c(C)c1NC1CCOC1. The summed E-state index contributed by atoms with van der Waals surface area (Å²) in [6.07, 6.45) is 1.09. The molecule has 4 nitrogen and oxygen atoms in total. The van der Waals surface area contributed by atoms with Gasteiger partial charge in [-0.25, -0.2) is 0 Å². The summed E-state index contributed by atoms with van der Waals surface area (Å²) in [6.45, 7) is 5.71. The zero-order chi connectivity index (χ0) is 9.26. The van der Waals surface area contributed by atoms with Crippen molar-refractivity contribution in [1.29, 1.82) is 0 Å². The van der Waals surface area contributed by atoms with Gasteiger partial charge >= 0.3 is 0 Å². The fraction of sp³-hybridized carbons (Fsp3) is 0.667. The highest BCUT2D eigenvalue weighted by molar-refractivity contribution is 5.52. The Morgan fingerprint density at radius 1 is 1.54 bits per heavy atom. The van der Waals surface area contributed by atoms with Crippen LogP contribution in [0.5, 0.6) is 0 Å². The van der Waals surface area contributed by atoms with E-state index in [2.05, 4.69) is 15.5 Å². The van der Waals surface area contributed by atoms with Gasteiger partial charge < -0.3 is 10.1 Å². The maximum absolute atomic E-state index is 5.29. The summed E-state index contributed by atoms with van der Waals surface area (Å²) in [6, 6.07) is 0.454. The number of rotatable bonds is 2. The van der Waals surface area contributed by atoms with E-state index in [1.807, 2.05) is 13.8 Å². The molecule has 0 saturated carbocycles. The predicted octanol–water partition coefficient (Wildman–Crippen LogP) is 1.23. The molecule has 1 atom stereocenters. The second kappa shape index (κ2) is 3.38. The van der Waals surface area contributed by atoms with Crippen LogP contribution in [0.3, 0.4) is 0 Å². The highest BCUT2D eigenvalue weighted by atomic mass is 16.5. The van der Waals surface area contributed by atoms with Crippen molar-refractivity contribution in [3.8, 4) is 0 Å². The van der Waals surface area contributed by atoms with Crippen molar-refractivity contribution in [2.45, 2.75) is 26.3 Å². The van der Waals surface area contributed by atoms with Gasteiger partial charge in [0.25, 0.3) is 0 Å². The predicted molar refractivity (Wildman–Crippen MR) is 50.9 cm³/mol. The number of hydrogen-bond donors (Lipinski definition) is 2. The van der Waals surface area contributed by atoms with Crippen LogP contribution in [-0.2, 0) is 4.74 Å². The minimum Gasteiger partial charge on any atom is -0.379 e. The molecule has 1 saturated heterocycles. The molecule has 0 aliphatic carbocycles. The Hall–Kier alpha value is -1.03. The normalized spacial score (nSPS) is 22.2. The molecular formula is C9H15N3O. The Balaban J connectivity index is 2.07. The third kappa shape index (κ3) is 1.67. The van der Waals surface area contributed by atoms with Crippen molar-refractivity contribution in [1.82, 2.24) is 10.2 Å². The molecule has 0 radical (unpaired) electrons. The summed E-state index contributed by atoms with van der Waals surface area (Å²) in [4.78, 5) is 0. The molecule has 0 aromatic carbocycles. The Labute approximate surface area is 77.7 Å². The molecule has 1 aliphatic rings. The van der Waals surface area contributed by atoms with E-state index in [-0.39, 0.29) is 0 Å². The summed E-state index contributed by atoms with van der Waals surface area (Å²) in [5, 5.41) is 10.5. The number of aromatic nitrogens is 2. The van der Waals surface area contributed by atoms with E-state index >= 15 is 0 Å². The topological polar surface area (TPSA) is 49.9 Å². The molecule has 1 fully saturated rings. The average Bonchev–Trinajstić information content (AvgIpc) is 2.70. The van der Waals surface area contributed by atoms with Gasteiger partial charge in [0.1, 0.15) is 0 Å². The smallest absolute Gasteiger partial charge is 0.0825 e. The van der Waals surface area contributed by atoms with Gasteiger partial charge in [0.2, 0.25) is 0 Å². The maximum Gasteiger partial charge on any atom is 0.0825 e. The number of aryl methyl sites for hydroxylation is 2. The Morgan fingerprint density at radius 2 is 2.38 bits per heavy atom. The molecule has 1 aromatic rings. The molecule has 2 N–H and O–H groups in total. The van der Waals surface area contributed by atoms with E-state index in [0.717, 1.165) is 36.7 Å². The largest absolute Gasteiger partial charge is 0.379 e. The summed E-state index contributed by atoms with van der Waals surface area (Å²) in [5.41, 5.74) is 3.27. The Morgan fingerprint density at radius 3 is 2.92 bits per heavy atom. The van der Waals surface area contributed by atoms with Crippen molar-refractivity contribution >= 4 is 5.69 Å². The van der Waals surface area contributed by atoms with E-state index < -0.39 is 0 Å². The van der Waals surface area contributed by atoms with Crippen LogP contribution in [0, 0.1) is 13.8 Å². The van der Waals surface area contributed by atoms with Gasteiger partial charge in [-0.2, -0.15) is 5.10 Å². The fourth-order valence-corrected chi connectivity index (χ4v) is 1.62. The molecule has 2 rings (SSSR count). The van der Waals surface area contributed by atoms with Crippen LogP contribution in [0.4, 0.5) is 5.69 Å². The Bertz CT molecular complexity index is 270. The van der Waals surface area contributed by atoms with Crippen LogP contribution in [-0.4, -0.2) is 29.5 Å². The second-order valence-corrected chi connectivity index (χ2v) is 3.51. The van der Waals surface area contributed by atoms with E-state index in [1.165, 1.54) is 0 Å². The van der Waals surface area contributed by atoms with Crippen LogP contribution in [0.2, 0.25) is 0 Å². The molecule has 1 unspecified atom stereocenters. The third-order valence-electron chi connectivity index (χ3n) is 2.41. The number of aromatic amines is 1. The first-order chi connectivity index (χ1) is 6.27. The van der Waals surface area contributed by atoms with E-state index in [0.29, 0.717) is 6.04 Å². The Kier molecular flexibility index (Phi) is 2.22. The molecule has 2 heterocycles. The molecule has 0 amide bonds. The monoisotopic (exact) mass is 181 g/mol. The van der Waals surface area contributed by atoms with E-state index in [4.69, 9.17) is 4.74 Å². The molecule has 13 heavy (non-hydrogen) atoms. The standard InChI is InChI=1S/C9H15N3O/c1-6-9(7(2)12-11-6)10-8-3-4-13-5-8/h8,10H,3-5H2,1-2H3,(H,11,12). The number of nitrogens with zero attached hydrogens (tertiary/aromatic N) is 1. The molecule has 1 aliphatic heterocycles. The van der Waals surface area contributed by atoms with Crippen molar-refractivity contribution in [2.24, 2.45) is 0 Å². The van der Waals surface area contributed by atoms with Gasteiger partial charge in [0.15, 0.2) is 0 Å². The van der Waals surface area contributed by atoms with Crippen LogP contribution < -0.4 is 5.32 Å². The van der Waals surface area contributed by atoms with E-state index in [9.17, 15) is 0 Å². The minimum absolute atomic E-state index is 0.454. The fourth-order valence-electron chi connectivity index (χ4n) is 1.62. The molecule has 0 bridgehead atoms. The number of hydrogen-bond acceptors (Lipinski definition) is 3. The molecule has 0 spiro atoms. The summed E-state index contributed by atoms with van der Waals surface area (Å²) in [7, 11) is 0. The lowest BCUT2D eigenvalue weighted by Gasteiger charge is -2.11. The highest BCUT2D eigenvalue weighted by Crippen LogP contribution is 2.19. The lowest BCUT2D eigenvalue weighted by atomic mass is 10.2. The van der Waals surface area contributed by atoms with Crippen molar-refractivity contribution in [3.05, 3.63) is 11.4 Å². The van der Waals surface area contributed by atoms with Crippen LogP contribution >= 0.6 is 0 Å². The first-order valence-corrected chi connectivity index (χ1v) is 4.63. The zero-order valence-electron chi connectivity index (χ0n) is 8.05. The van der Waals surface area contributed by atoms with Gasteiger partial charge in [-0.3, -0.25) is 5.10 Å². The van der Waals surface area contributed by atoms with Gasteiger partial charge in [0, 0.05) is 6.61 Å². The number of nitrogens with one attached hydrogen (secondary N) is 2. The third-order valence-corrected chi connectivity index (χ3v) is 2.41. The van der Waals surface area contributed by atoms with Crippen molar-refractivity contribution in [2.75, 3.05) is 18.5 Å². The molecule has 1 aromatic heterocycles. The van der Waals surface area contributed by atoms with Crippen LogP contribution in [0.25, 0.3) is 0 Å². The lowest BCUT2D eigenvalue weighted by molar-refractivity contribution is 0.195. The minimum atomic E-state index is 0.454. The second-order valence-electron chi connectivity index (χ2n) is 3.51. The van der Waals surface area contributed by atoms with Gasteiger partial charge in [-0.1, -0.05) is 0 Å². The van der Waals surface area contributed by atoms with Crippen LogP contribution in [0.15, 0.2) is 0 Å². The summed E-state index contributed by atoms with van der Waals surface area (Å²) in [5.74, 6) is 0. The van der Waals surface area contributed by atoms with Gasteiger partial charge in [-0.05, 0) is 20.3 Å². The first-order valence-electron chi connectivity index (χ1n) is 4.63. The maximum atomic E-state index is 5.29. The van der Waals surface area contributed by atoms with Crippen molar-refractivity contribution < 1.29 is 4.74 Å². The highest BCUT2D eigenvalue weighted by Gasteiger charge is 2.17. The molecular weight excluding hydrogens is 166 g/mol. The molecule has 4 heteroatoms. The quantitative estimate of drug-likeness (QED) is 0.721. The van der Waals surface area contributed by atoms with Crippen LogP contribution in [0.1, 0.15) is 17.8 Å². The average molecular weight is 181 g/mol. The summed E-state index contributed by atoms with van der Waals surface area (Å²) < 4.78 is 5.29. The molecule has 72 valence electrons. The zero-order valence-corrected chi connectivity index (χ0v) is 8.05. The van der Waals surface area contributed by atoms with Gasteiger partial charge in [-0.15, -0.1) is 0 Å². The summed E-state index contributed by atoms with van der Waals surface area (Å²) >= 11 is 0. The lowest BCUT2D eigenvalue weighted by Crippen LogP contribution is -2.19. The number of ether oxygens (including phenoxy) is 1.